The fraction of sp³-hybridized carbons (Fsp3) is 0.154. The van der Waals surface area contributed by atoms with Crippen LogP contribution in [0.15, 0.2) is 34.9 Å². The third-order valence-electron chi connectivity index (χ3n) is 3.26. The van der Waals surface area contributed by atoms with Crippen LogP contribution in [-0.4, -0.2) is 14.7 Å². The Morgan fingerprint density at radius 1 is 1.26 bits per heavy atom. The number of nitrogens with zero attached hydrogens (tertiary/aromatic N) is 2. The average molecular weight is 272 g/mol. The molecular weight excluding hydrogens is 264 g/mol. The van der Waals surface area contributed by atoms with Gasteiger partial charge in [0.1, 0.15) is 22.5 Å². The Morgan fingerprint density at radius 2 is 2.21 bits per heavy atom. The smallest absolute Gasteiger partial charge is 0.312 e. The van der Waals surface area contributed by atoms with E-state index in [2.05, 4.69) is 8.75 Å². The van der Waals surface area contributed by atoms with Gasteiger partial charge in [0.2, 0.25) is 0 Å². The number of hydrogen-bond donors (Lipinski definition) is 0. The van der Waals surface area contributed by atoms with E-state index < -0.39 is 0 Å². The van der Waals surface area contributed by atoms with Crippen LogP contribution in [0.1, 0.15) is 23.7 Å². The van der Waals surface area contributed by atoms with Gasteiger partial charge in [-0.05, 0) is 24.3 Å². The second kappa shape index (κ2) is 3.89. The monoisotopic (exact) mass is 272 g/mol. The van der Waals surface area contributed by atoms with Gasteiger partial charge in [0.05, 0.1) is 30.3 Å². The molecular formula is C13H8N2O3S. The second-order valence-corrected chi connectivity index (χ2v) is 4.88. The molecule has 1 aliphatic rings. The summed E-state index contributed by atoms with van der Waals surface area (Å²) in [5, 5.41) is 0. The van der Waals surface area contributed by atoms with Crippen LogP contribution in [0.3, 0.4) is 0 Å². The van der Waals surface area contributed by atoms with E-state index in [4.69, 9.17) is 9.15 Å². The van der Waals surface area contributed by atoms with E-state index in [1.807, 2.05) is 18.2 Å². The molecule has 1 aliphatic heterocycles. The molecule has 0 radical (unpaired) electrons. The van der Waals surface area contributed by atoms with Crippen molar-refractivity contribution >= 4 is 28.7 Å². The number of esters is 1. The van der Waals surface area contributed by atoms with Gasteiger partial charge in [0, 0.05) is 5.56 Å². The van der Waals surface area contributed by atoms with E-state index in [9.17, 15) is 4.79 Å². The van der Waals surface area contributed by atoms with E-state index in [0.717, 1.165) is 34.1 Å². The number of ether oxygens (including phenoxy) is 1. The Bertz CT molecular complexity index is 763. The van der Waals surface area contributed by atoms with Crippen LogP contribution in [0, 0.1) is 0 Å². The lowest BCUT2D eigenvalue weighted by atomic mass is 9.89. The molecule has 0 aliphatic carbocycles. The first-order chi connectivity index (χ1) is 9.33. The number of furan rings is 1. The molecule has 0 bridgehead atoms. The van der Waals surface area contributed by atoms with Gasteiger partial charge in [-0.3, -0.25) is 4.79 Å². The van der Waals surface area contributed by atoms with Crippen LogP contribution in [0.4, 0.5) is 0 Å². The second-order valence-electron chi connectivity index (χ2n) is 4.36. The molecule has 3 aromatic rings. The molecule has 2 aromatic heterocycles. The summed E-state index contributed by atoms with van der Waals surface area (Å²) in [6.45, 7) is 0. The highest BCUT2D eigenvalue weighted by Crippen LogP contribution is 2.42. The van der Waals surface area contributed by atoms with E-state index >= 15 is 0 Å². The normalized spacial score (nSPS) is 18.3. The van der Waals surface area contributed by atoms with Gasteiger partial charge in [0.15, 0.2) is 0 Å². The Kier molecular flexibility index (Phi) is 2.19. The first-order valence-electron chi connectivity index (χ1n) is 5.82. The van der Waals surface area contributed by atoms with Crippen LogP contribution in [0.25, 0.3) is 11.0 Å². The molecule has 1 atom stereocenters. The molecule has 0 saturated carbocycles. The molecule has 0 spiro atoms. The third-order valence-corrected chi connectivity index (χ3v) is 3.80. The van der Waals surface area contributed by atoms with Crippen molar-refractivity contribution in [3.8, 4) is 5.75 Å². The summed E-state index contributed by atoms with van der Waals surface area (Å²) >= 11 is 1.15. The molecule has 6 heteroatoms. The number of rotatable bonds is 1. The predicted octanol–water partition coefficient (Wildman–Crippen LogP) is 2.73. The van der Waals surface area contributed by atoms with Crippen molar-refractivity contribution in [2.75, 3.05) is 0 Å². The lowest BCUT2D eigenvalue weighted by Gasteiger charge is -2.22. The maximum absolute atomic E-state index is 11.7. The van der Waals surface area contributed by atoms with Crippen molar-refractivity contribution in [1.29, 1.82) is 0 Å². The van der Waals surface area contributed by atoms with Crippen molar-refractivity contribution in [3.05, 3.63) is 41.9 Å². The lowest BCUT2D eigenvalue weighted by molar-refractivity contribution is -0.135. The zero-order valence-corrected chi connectivity index (χ0v) is 10.5. The number of hydrogen-bond acceptors (Lipinski definition) is 6. The number of fused-ring (bicyclic) bond motifs is 3. The molecule has 5 nitrogen and oxygen atoms in total. The van der Waals surface area contributed by atoms with E-state index in [-0.39, 0.29) is 18.3 Å². The van der Waals surface area contributed by atoms with Crippen LogP contribution in [0.5, 0.6) is 5.75 Å². The standard InChI is InChI=1S/C13H8N2O3S/c16-11-6-7(9-2-1-5-17-9)12-10(18-11)4-3-8-13(12)15-19-14-8/h1-5,7H,6H2/t7-/m1/s1. The molecule has 1 aromatic carbocycles. The molecule has 0 fully saturated rings. The zero-order chi connectivity index (χ0) is 12.8. The van der Waals surface area contributed by atoms with E-state index in [0.29, 0.717) is 5.75 Å². The highest BCUT2D eigenvalue weighted by Gasteiger charge is 2.32. The molecule has 3 heterocycles. The number of carbonyl (C=O) groups is 1. The van der Waals surface area contributed by atoms with Crippen molar-refractivity contribution < 1.29 is 13.9 Å². The van der Waals surface area contributed by atoms with Gasteiger partial charge in [-0.25, -0.2) is 0 Å². The third kappa shape index (κ3) is 1.57. The minimum absolute atomic E-state index is 0.154. The average Bonchev–Trinajstić information content (AvgIpc) is 3.08. The molecule has 4 rings (SSSR count). The van der Waals surface area contributed by atoms with Crippen molar-refractivity contribution in [3.63, 3.8) is 0 Å². The largest absolute Gasteiger partial charge is 0.469 e. The van der Waals surface area contributed by atoms with Crippen LogP contribution in [-0.2, 0) is 4.79 Å². The van der Waals surface area contributed by atoms with Gasteiger partial charge >= 0.3 is 5.97 Å². The maximum atomic E-state index is 11.7. The molecule has 0 amide bonds. The van der Waals surface area contributed by atoms with Crippen LogP contribution < -0.4 is 4.74 Å². The Morgan fingerprint density at radius 3 is 3.05 bits per heavy atom. The summed E-state index contributed by atoms with van der Waals surface area (Å²) in [5.41, 5.74) is 2.50. The number of aromatic nitrogens is 2. The van der Waals surface area contributed by atoms with Crippen LogP contribution in [0.2, 0.25) is 0 Å². The van der Waals surface area contributed by atoms with Gasteiger partial charge in [-0.2, -0.15) is 8.75 Å². The highest BCUT2D eigenvalue weighted by molar-refractivity contribution is 7.00. The minimum atomic E-state index is -0.253. The fourth-order valence-corrected chi connectivity index (χ4v) is 2.99. The van der Waals surface area contributed by atoms with Gasteiger partial charge in [-0.1, -0.05) is 0 Å². The first-order valence-corrected chi connectivity index (χ1v) is 6.55. The van der Waals surface area contributed by atoms with E-state index in [1.54, 1.807) is 12.3 Å². The summed E-state index contributed by atoms with van der Waals surface area (Å²) in [6.07, 6.45) is 1.87. The first kappa shape index (κ1) is 10.7. The van der Waals surface area contributed by atoms with E-state index in [1.165, 1.54) is 0 Å². The number of carbonyl (C=O) groups excluding carboxylic acids is 1. The highest BCUT2D eigenvalue weighted by atomic mass is 32.1. The van der Waals surface area contributed by atoms with Gasteiger partial charge < -0.3 is 9.15 Å². The van der Waals surface area contributed by atoms with Crippen molar-refractivity contribution in [1.82, 2.24) is 8.75 Å². The molecule has 0 unspecified atom stereocenters. The Labute approximate surface area is 112 Å². The molecule has 94 valence electrons. The van der Waals surface area contributed by atoms with Crippen molar-refractivity contribution in [2.24, 2.45) is 0 Å². The topological polar surface area (TPSA) is 65.2 Å². The summed E-state index contributed by atoms with van der Waals surface area (Å²) in [6, 6.07) is 7.27. The number of benzene rings is 1. The van der Waals surface area contributed by atoms with Gasteiger partial charge in [-0.15, -0.1) is 0 Å². The zero-order valence-electron chi connectivity index (χ0n) is 9.70. The Hall–Kier alpha value is -2.21. The Balaban J connectivity index is 2.01. The van der Waals surface area contributed by atoms with Crippen molar-refractivity contribution in [2.45, 2.75) is 12.3 Å². The van der Waals surface area contributed by atoms with Gasteiger partial charge in [0.25, 0.3) is 0 Å². The minimum Gasteiger partial charge on any atom is -0.469 e. The lowest BCUT2D eigenvalue weighted by Crippen LogP contribution is -2.21. The summed E-state index contributed by atoms with van der Waals surface area (Å²) in [5.74, 6) is 0.895. The predicted molar refractivity (Wildman–Crippen MR) is 68.2 cm³/mol. The summed E-state index contributed by atoms with van der Waals surface area (Å²) < 4.78 is 19.3. The maximum Gasteiger partial charge on any atom is 0.312 e. The van der Waals surface area contributed by atoms with Crippen LogP contribution >= 0.6 is 11.7 Å². The fourth-order valence-electron chi connectivity index (χ4n) is 2.44. The summed E-state index contributed by atoms with van der Waals surface area (Å²) in [4.78, 5) is 11.7. The molecule has 0 saturated heterocycles. The summed E-state index contributed by atoms with van der Waals surface area (Å²) in [7, 11) is 0. The molecule has 19 heavy (non-hydrogen) atoms. The molecule has 0 N–H and O–H groups in total. The SMILES string of the molecule is O=C1C[C@H](c2ccco2)c2c(ccc3nsnc23)O1. The quantitative estimate of drug-likeness (QED) is 0.503.